The number of hydrogen-bond donors (Lipinski definition) is 3. The summed E-state index contributed by atoms with van der Waals surface area (Å²) in [5.74, 6) is 0.637. The van der Waals surface area contributed by atoms with Crippen molar-refractivity contribution in [3.05, 3.63) is 0 Å². The summed E-state index contributed by atoms with van der Waals surface area (Å²) in [6, 6.07) is 0. The molecule has 1 aliphatic rings. The maximum Gasteiger partial charge on any atom is 0.0611 e. The largest absolute Gasteiger partial charge is 0.394 e. The molecule has 1 rings (SSSR count). The third-order valence-corrected chi connectivity index (χ3v) is 2.75. The van der Waals surface area contributed by atoms with E-state index in [4.69, 9.17) is 16.6 Å². The zero-order chi connectivity index (χ0) is 8.32. The van der Waals surface area contributed by atoms with Crippen LogP contribution in [0.25, 0.3) is 0 Å². The van der Waals surface area contributed by atoms with Gasteiger partial charge in [-0.25, -0.2) is 0 Å². The summed E-state index contributed by atoms with van der Waals surface area (Å²) in [4.78, 5) is 0. The Morgan fingerprint density at radius 2 is 1.91 bits per heavy atom. The third-order valence-electron chi connectivity index (χ3n) is 2.75. The third kappa shape index (κ3) is 2.15. The van der Waals surface area contributed by atoms with Crippen LogP contribution in [0.5, 0.6) is 0 Å². The van der Waals surface area contributed by atoms with E-state index in [9.17, 15) is 0 Å². The lowest BCUT2D eigenvalue weighted by Gasteiger charge is -2.35. The zero-order valence-electron chi connectivity index (χ0n) is 6.92. The average Bonchev–Trinajstić information content (AvgIpc) is 2.06. The molecule has 1 saturated carbocycles. The van der Waals surface area contributed by atoms with Gasteiger partial charge in [0.1, 0.15) is 0 Å². The van der Waals surface area contributed by atoms with Crippen LogP contribution < -0.4 is 11.5 Å². The molecule has 3 nitrogen and oxygen atoms in total. The molecule has 66 valence electrons. The zero-order valence-corrected chi connectivity index (χ0v) is 6.92. The molecule has 11 heavy (non-hydrogen) atoms. The summed E-state index contributed by atoms with van der Waals surface area (Å²) < 4.78 is 0. The van der Waals surface area contributed by atoms with Crippen LogP contribution in [-0.4, -0.2) is 23.8 Å². The minimum absolute atomic E-state index is 0.115. The molecule has 0 spiro atoms. The van der Waals surface area contributed by atoms with E-state index in [0.717, 1.165) is 32.2 Å². The maximum atomic E-state index is 8.95. The van der Waals surface area contributed by atoms with Gasteiger partial charge in [0, 0.05) is 5.54 Å². The van der Waals surface area contributed by atoms with Crippen LogP contribution in [0.1, 0.15) is 25.7 Å². The Bertz CT molecular complexity index is 119. The first-order chi connectivity index (χ1) is 5.20. The van der Waals surface area contributed by atoms with Crippen LogP contribution in [0.4, 0.5) is 0 Å². The normalized spacial score (nSPS) is 39.0. The second-order valence-corrected chi connectivity index (χ2v) is 3.70. The SMILES string of the molecule is NCC1CCC(N)(CO)CC1. The van der Waals surface area contributed by atoms with Crippen molar-refractivity contribution in [1.82, 2.24) is 0 Å². The van der Waals surface area contributed by atoms with E-state index in [-0.39, 0.29) is 12.1 Å². The van der Waals surface area contributed by atoms with Crippen molar-refractivity contribution in [3.63, 3.8) is 0 Å². The molecule has 0 bridgehead atoms. The van der Waals surface area contributed by atoms with Crippen molar-refractivity contribution in [1.29, 1.82) is 0 Å². The molecular formula is C8H18N2O. The van der Waals surface area contributed by atoms with Gasteiger partial charge in [-0.2, -0.15) is 0 Å². The molecule has 5 N–H and O–H groups in total. The molecular weight excluding hydrogens is 140 g/mol. The van der Waals surface area contributed by atoms with Crippen molar-refractivity contribution in [2.24, 2.45) is 17.4 Å². The lowest BCUT2D eigenvalue weighted by molar-refractivity contribution is 0.137. The molecule has 0 aromatic heterocycles. The van der Waals surface area contributed by atoms with Gasteiger partial charge in [-0.05, 0) is 38.1 Å². The van der Waals surface area contributed by atoms with Crippen LogP contribution in [0.3, 0.4) is 0 Å². The second kappa shape index (κ2) is 3.52. The van der Waals surface area contributed by atoms with Gasteiger partial charge in [0.05, 0.1) is 6.61 Å². The van der Waals surface area contributed by atoms with Crippen LogP contribution in [-0.2, 0) is 0 Å². The number of hydrogen-bond acceptors (Lipinski definition) is 3. The lowest BCUT2D eigenvalue weighted by atomic mass is 9.78. The van der Waals surface area contributed by atoms with Gasteiger partial charge in [0.25, 0.3) is 0 Å². The predicted octanol–water partition coefficient (Wildman–Crippen LogP) is -0.175. The van der Waals surface area contributed by atoms with Crippen molar-refractivity contribution in [2.75, 3.05) is 13.2 Å². The van der Waals surface area contributed by atoms with Gasteiger partial charge in [0.2, 0.25) is 0 Å². The standard InChI is InChI=1S/C8H18N2O/c9-5-7-1-3-8(10,6-11)4-2-7/h7,11H,1-6,9-10H2. The molecule has 3 heteroatoms. The minimum atomic E-state index is -0.300. The van der Waals surface area contributed by atoms with Gasteiger partial charge in [-0.1, -0.05) is 0 Å². The Labute approximate surface area is 67.8 Å². The lowest BCUT2D eigenvalue weighted by Crippen LogP contribution is -2.47. The summed E-state index contributed by atoms with van der Waals surface area (Å²) in [5.41, 5.74) is 11.1. The van der Waals surface area contributed by atoms with Crippen molar-refractivity contribution < 1.29 is 5.11 Å². The fourth-order valence-corrected chi connectivity index (χ4v) is 1.65. The summed E-state index contributed by atoms with van der Waals surface area (Å²) in [5, 5.41) is 8.95. The molecule has 0 heterocycles. The van der Waals surface area contributed by atoms with Crippen molar-refractivity contribution >= 4 is 0 Å². The highest BCUT2D eigenvalue weighted by molar-refractivity contribution is 4.89. The van der Waals surface area contributed by atoms with Gasteiger partial charge in [-0.3, -0.25) is 0 Å². The van der Waals surface area contributed by atoms with Crippen molar-refractivity contribution in [3.8, 4) is 0 Å². The molecule has 0 aliphatic heterocycles. The summed E-state index contributed by atoms with van der Waals surface area (Å²) >= 11 is 0. The fraction of sp³-hybridized carbons (Fsp3) is 1.00. The molecule has 0 aromatic carbocycles. The van der Waals surface area contributed by atoms with Gasteiger partial charge < -0.3 is 16.6 Å². The topological polar surface area (TPSA) is 72.3 Å². The first-order valence-electron chi connectivity index (χ1n) is 4.30. The van der Waals surface area contributed by atoms with E-state index in [0.29, 0.717) is 5.92 Å². The van der Waals surface area contributed by atoms with E-state index in [1.807, 2.05) is 0 Å². The average molecular weight is 158 g/mol. The van der Waals surface area contributed by atoms with E-state index >= 15 is 0 Å². The van der Waals surface area contributed by atoms with E-state index in [2.05, 4.69) is 0 Å². The van der Waals surface area contributed by atoms with Gasteiger partial charge >= 0.3 is 0 Å². The highest BCUT2D eigenvalue weighted by Gasteiger charge is 2.30. The van der Waals surface area contributed by atoms with Crippen LogP contribution >= 0.6 is 0 Å². The fourth-order valence-electron chi connectivity index (χ4n) is 1.65. The molecule has 1 aliphatic carbocycles. The molecule has 0 aromatic rings. The quantitative estimate of drug-likeness (QED) is 0.522. The number of nitrogens with two attached hydrogens (primary N) is 2. The maximum absolute atomic E-state index is 8.95. The summed E-state index contributed by atoms with van der Waals surface area (Å²) in [7, 11) is 0. The van der Waals surface area contributed by atoms with E-state index in [1.165, 1.54) is 0 Å². The molecule has 1 fully saturated rings. The summed E-state index contributed by atoms with van der Waals surface area (Å²) in [6.45, 7) is 0.881. The van der Waals surface area contributed by atoms with E-state index < -0.39 is 0 Å². The summed E-state index contributed by atoms with van der Waals surface area (Å²) in [6.07, 6.45) is 4.00. The Morgan fingerprint density at radius 1 is 1.36 bits per heavy atom. The van der Waals surface area contributed by atoms with Crippen molar-refractivity contribution in [2.45, 2.75) is 31.2 Å². The van der Waals surface area contributed by atoms with Gasteiger partial charge in [0.15, 0.2) is 0 Å². The first kappa shape index (κ1) is 8.97. The molecule has 0 unspecified atom stereocenters. The molecule has 0 saturated heterocycles. The number of aliphatic hydroxyl groups excluding tert-OH is 1. The highest BCUT2D eigenvalue weighted by Crippen LogP contribution is 2.29. The Hall–Kier alpha value is -0.120. The first-order valence-corrected chi connectivity index (χ1v) is 4.30. The monoisotopic (exact) mass is 158 g/mol. The highest BCUT2D eigenvalue weighted by atomic mass is 16.3. The smallest absolute Gasteiger partial charge is 0.0611 e. The van der Waals surface area contributed by atoms with E-state index in [1.54, 1.807) is 0 Å². The van der Waals surface area contributed by atoms with Crippen LogP contribution in [0.15, 0.2) is 0 Å². The Balaban J connectivity index is 2.35. The number of rotatable bonds is 2. The predicted molar refractivity (Wildman–Crippen MR) is 45.0 cm³/mol. The van der Waals surface area contributed by atoms with Gasteiger partial charge in [-0.15, -0.1) is 0 Å². The molecule has 0 amide bonds. The Morgan fingerprint density at radius 3 is 2.27 bits per heavy atom. The molecule has 0 atom stereocenters. The molecule has 0 radical (unpaired) electrons. The van der Waals surface area contributed by atoms with Crippen LogP contribution in [0, 0.1) is 5.92 Å². The number of aliphatic hydroxyl groups is 1. The van der Waals surface area contributed by atoms with Crippen LogP contribution in [0.2, 0.25) is 0 Å². The minimum Gasteiger partial charge on any atom is -0.394 e. The second-order valence-electron chi connectivity index (χ2n) is 3.70. The Kier molecular flexibility index (Phi) is 2.87.